The summed E-state index contributed by atoms with van der Waals surface area (Å²) < 4.78 is 19.0. The standard InChI is InChI=1S/C16H26FNO/c1-5-10-18-16(9-7-13(3)19-4)14-8-6-12(2)15(17)11-14/h6,8,11,13,16,18H,5,7,9-10H2,1-4H3. The fourth-order valence-electron chi connectivity index (χ4n) is 2.05. The van der Waals surface area contributed by atoms with Crippen molar-refractivity contribution in [3.63, 3.8) is 0 Å². The molecule has 2 unspecified atom stereocenters. The van der Waals surface area contributed by atoms with E-state index in [9.17, 15) is 4.39 Å². The van der Waals surface area contributed by atoms with E-state index in [1.54, 1.807) is 20.1 Å². The number of rotatable bonds is 8. The van der Waals surface area contributed by atoms with Gasteiger partial charge in [-0.25, -0.2) is 4.39 Å². The third-order valence-corrected chi connectivity index (χ3v) is 3.50. The SMILES string of the molecule is CCCNC(CCC(C)OC)c1ccc(C)c(F)c1. The Morgan fingerprint density at radius 3 is 2.63 bits per heavy atom. The molecule has 19 heavy (non-hydrogen) atoms. The van der Waals surface area contributed by atoms with E-state index < -0.39 is 0 Å². The number of nitrogens with one attached hydrogen (secondary N) is 1. The predicted octanol–water partition coefficient (Wildman–Crippen LogP) is 3.99. The first-order chi connectivity index (χ1) is 9.08. The number of hydrogen-bond acceptors (Lipinski definition) is 2. The summed E-state index contributed by atoms with van der Waals surface area (Å²) in [5.74, 6) is -0.124. The molecule has 1 aromatic carbocycles. The molecular formula is C16H26FNO. The number of hydrogen-bond donors (Lipinski definition) is 1. The molecule has 0 aliphatic carbocycles. The van der Waals surface area contributed by atoms with Gasteiger partial charge >= 0.3 is 0 Å². The second-order valence-electron chi connectivity index (χ2n) is 5.14. The predicted molar refractivity (Wildman–Crippen MR) is 77.9 cm³/mol. The maximum Gasteiger partial charge on any atom is 0.126 e. The molecule has 2 atom stereocenters. The van der Waals surface area contributed by atoms with E-state index >= 15 is 0 Å². The van der Waals surface area contributed by atoms with E-state index in [2.05, 4.69) is 19.2 Å². The molecule has 0 saturated carbocycles. The van der Waals surface area contributed by atoms with Crippen LogP contribution in [0.4, 0.5) is 4.39 Å². The molecule has 0 aromatic heterocycles. The third-order valence-electron chi connectivity index (χ3n) is 3.50. The molecule has 0 aliphatic rings. The topological polar surface area (TPSA) is 21.3 Å². The normalized spacial score (nSPS) is 14.4. The van der Waals surface area contributed by atoms with Crippen LogP contribution in [0.15, 0.2) is 18.2 Å². The molecule has 0 bridgehead atoms. The molecule has 1 N–H and O–H groups in total. The van der Waals surface area contributed by atoms with E-state index in [-0.39, 0.29) is 18.0 Å². The lowest BCUT2D eigenvalue weighted by atomic mass is 9.99. The molecule has 0 heterocycles. The summed E-state index contributed by atoms with van der Waals surface area (Å²) in [5, 5.41) is 3.49. The zero-order valence-corrected chi connectivity index (χ0v) is 12.5. The highest BCUT2D eigenvalue weighted by molar-refractivity contribution is 5.25. The van der Waals surface area contributed by atoms with Crippen molar-refractivity contribution in [1.29, 1.82) is 0 Å². The fourth-order valence-corrected chi connectivity index (χ4v) is 2.05. The van der Waals surface area contributed by atoms with Crippen LogP contribution >= 0.6 is 0 Å². The average molecular weight is 267 g/mol. The Hall–Kier alpha value is -0.930. The van der Waals surface area contributed by atoms with Crippen LogP contribution in [0.5, 0.6) is 0 Å². The van der Waals surface area contributed by atoms with E-state index in [4.69, 9.17) is 4.74 Å². The van der Waals surface area contributed by atoms with Gasteiger partial charge in [0.1, 0.15) is 5.82 Å². The quantitative estimate of drug-likeness (QED) is 0.769. The second-order valence-corrected chi connectivity index (χ2v) is 5.14. The van der Waals surface area contributed by atoms with Gasteiger partial charge in [0.2, 0.25) is 0 Å². The lowest BCUT2D eigenvalue weighted by Gasteiger charge is -2.21. The lowest BCUT2D eigenvalue weighted by molar-refractivity contribution is 0.106. The molecule has 0 spiro atoms. The third kappa shape index (κ3) is 5.29. The highest BCUT2D eigenvalue weighted by Gasteiger charge is 2.13. The maximum absolute atomic E-state index is 13.7. The summed E-state index contributed by atoms with van der Waals surface area (Å²) in [6, 6.07) is 5.72. The van der Waals surface area contributed by atoms with Crippen molar-refractivity contribution in [3.8, 4) is 0 Å². The minimum absolute atomic E-state index is 0.124. The van der Waals surface area contributed by atoms with Crippen molar-refractivity contribution in [2.24, 2.45) is 0 Å². The van der Waals surface area contributed by atoms with Crippen LogP contribution in [0.3, 0.4) is 0 Å². The van der Waals surface area contributed by atoms with Gasteiger partial charge in [0.05, 0.1) is 6.10 Å². The first kappa shape index (κ1) is 16.1. The van der Waals surface area contributed by atoms with E-state index in [1.807, 2.05) is 12.1 Å². The van der Waals surface area contributed by atoms with Gasteiger partial charge in [-0.1, -0.05) is 19.1 Å². The van der Waals surface area contributed by atoms with Gasteiger partial charge in [0, 0.05) is 13.2 Å². The number of aryl methyl sites for hydroxylation is 1. The van der Waals surface area contributed by atoms with Crippen molar-refractivity contribution in [1.82, 2.24) is 5.32 Å². The monoisotopic (exact) mass is 267 g/mol. The highest BCUT2D eigenvalue weighted by Crippen LogP contribution is 2.22. The van der Waals surface area contributed by atoms with Crippen LogP contribution < -0.4 is 5.32 Å². The summed E-state index contributed by atoms with van der Waals surface area (Å²) in [7, 11) is 1.73. The molecule has 2 nitrogen and oxygen atoms in total. The molecular weight excluding hydrogens is 241 g/mol. The zero-order chi connectivity index (χ0) is 14.3. The Bertz CT molecular complexity index is 381. The molecule has 0 saturated heterocycles. The van der Waals surface area contributed by atoms with Crippen LogP contribution in [0.1, 0.15) is 50.3 Å². The maximum atomic E-state index is 13.7. The Labute approximate surface area is 116 Å². The van der Waals surface area contributed by atoms with Gasteiger partial charge in [-0.2, -0.15) is 0 Å². The molecule has 0 amide bonds. The Morgan fingerprint density at radius 1 is 1.32 bits per heavy atom. The molecule has 3 heteroatoms. The molecule has 0 fully saturated rings. The molecule has 0 aliphatic heterocycles. The van der Waals surface area contributed by atoms with Gasteiger partial charge in [-0.05, 0) is 56.8 Å². The van der Waals surface area contributed by atoms with Crippen LogP contribution in [-0.4, -0.2) is 19.8 Å². The first-order valence-electron chi connectivity index (χ1n) is 7.10. The van der Waals surface area contributed by atoms with Gasteiger partial charge in [0.15, 0.2) is 0 Å². The van der Waals surface area contributed by atoms with Crippen molar-refractivity contribution in [3.05, 3.63) is 35.1 Å². The fraction of sp³-hybridized carbons (Fsp3) is 0.625. The van der Waals surface area contributed by atoms with Crippen molar-refractivity contribution >= 4 is 0 Å². The van der Waals surface area contributed by atoms with Gasteiger partial charge in [-0.15, -0.1) is 0 Å². The van der Waals surface area contributed by atoms with Crippen molar-refractivity contribution < 1.29 is 9.13 Å². The summed E-state index contributed by atoms with van der Waals surface area (Å²) in [6.45, 7) is 6.94. The number of ether oxygens (including phenoxy) is 1. The first-order valence-corrected chi connectivity index (χ1v) is 7.10. The van der Waals surface area contributed by atoms with E-state index in [0.717, 1.165) is 31.4 Å². The Morgan fingerprint density at radius 2 is 2.05 bits per heavy atom. The Kier molecular flexibility index (Phi) is 7.03. The average Bonchev–Trinajstić information content (AvgIpc) is 2.42. The molecule has 1 rings (SSSR count). The minimum atomic E-state index is -0.124. The minimum Gasteiger partial charge on any atom is -0.382 e. The zero-order valence-electron chi connectivity index (χ0n) is 12.5. The van der Waals surface area contributed by atoms with Crippen LogP contribution in [0.25, 0.3) is 0 Å². The number of methoxy groups -OCH3 is 1. The van der Waals surface area contributed by atoms with Crippen LogP contribution in [0, 0.1) is 12.7 Å². The molecule has 1 aromatic rings. The van der Waals surface area contributed by atoms with Crippen LogP contribution in [-0.2, 0) is 4.74 Å². The summed E-state index contributed by atoms with van der Waals surface area (Å²) in [6.07, 6.45) is 3.23. The van der Waals surface area contributed by atoms with Crippen molar-refractivity contribution in [2.75, 3.05) is 13.7 Å². The summed E-state index contributed by atoms with van der Waals surface area (Å²) >= 11 is 0. The largest absolute Gasteiger partial charge is 0.382 e. The smallest absolute Gasteiger partial charge is 0.126 e. The molecule has 108 valence electrons. The number of halogens is 1. The van der Waals surface area contributed by atoms with Gasteiger partial charge < -0.3 is 10.1 Å². The second kappa shape index (κ2) is 8.28. The summed E-state index contributed by atoms with van der Waals surface area (Å²) in [5.41, 5.74) is 1.73. The highest BCUT2D eigenvalue weighted by atomic mass is 19.1. The lowest BCUT2D eigenvalue weighted by Crippen LogP contribution is -2.23. The molecule has 0 radical (unpaired) electrons. The van der Waals surface area contributed by atoms with Gasteiger partial charge in [-0.3, -0.25) is 0 Å². The summed E-state index contributed by atoms with van der Waals surface area (Å²) in [4.78, 5) is 0. The Balaban J connectivity index is 2.73. The van der Waals surface area contributed by atoms with Crippen molar-refractivity contribution in [2.45, 2.75) is 52.2 Å². The van der Waals surface area contributed by atoms with E-state index in [0.29, 0.717) is 5.56 Å². The van der Waals surface area contributed by atoms with Gasteiger partial charge in [0.25, 0.3) is 0 Å². The van der Waals surface area contributed by atoms with E-state index in [1.165, 1.54) is 0 Å². The van der Waals surface area contributed by atoms with Crippen LogP contribution in [0.2, 0.25) is 0 Å². The number of benzene rings is 1.